The molecule has 4 heteroatoms. The average molecular weight is 340 g/mol. The predicted octanol–water partition coefficient (Wildman–Crippen LogP) is 4.33. The summed E-state index contributed by atoms with van der Waals surface area (Å²) >= 11 is 0. The molecule has 0 N–H and O–H groups in total. The summed E-state index contributed by atoms with van der Waals surface area (Å²) < 4.78 is 15.2. The zero-order valence-corrected chi connectivity index (χ0v) is 15.1. The lowest BCUT2D eigenvalue weighted by molar-refractivity contribution is -0.141. The Morgan fingerprint density at radius 2 is 1.32 bits per heavy atom. The maximum atomic E-state index is 11.6. The Morgan fingerprint density at radius 1 is 0.880 bits per heavy atom. The molecule has 1 unspecified atom stereocenters. The molecule has 132 valence electrons. The molecule has 0 spiro atoms. The van der Waals surface area contributed by atoms with Crippen LogP contribution < -0.4 is 9.47 Å². The van der Waals surface area contributed by atoms with Crippen molar-refractivity contribution < 1.29 is 19.0 Å². The van der Waals surface area contributed by atoms with Gasteiger partial charge in [-0.05, 0) is 46.9 Å². The van der Waals surface area contributed by atoms with Crippen LogP contribution in [0.5, 0.6) is 11.5 Å². The fourth-order valence-electron chi connectivity index (χ4n) is 2.59. The first-order valence-corrected chi connectivity index (χ1v) is 8.15. The molecule has 0 bridgehead atoms. The number of carbonyl (C=O) groups excluding carboxylic acids is 1. The van der Waals surface area contributed by atoms with Crippen LogP contribution in [0, 0.1) is 5.92 Å². The molecule has 0 aromatic heterocycles. The fourth-order valence-corrected chi connectivity index (χ4v) is 2.59. The van der Waals surface area contributed by atoms with Gasteiger partial charge in [0.05, 0.1) is 27.8 Å². The molecule has 0 heterocycles. The molecule has 0 fully saturated rings. The van der Waals surface area contributed by atoms with Gasteiger partial charge in [-0.1, -0.05) is 37.3 Å². The van der Waals surface area contributed by atoms with Crippen molar-refractivity contribution in [2.75, 3.05) is 21.3 Å². The summed E-state index contributed by atoms with van der Waals surface area (Å²) in [6.45, 7) is 2.00. The van der Waals surface area contributed by atoms with E-state index in [0.29, 0.717) is 6.42 Å². The van der Waals surface area contributed by atoms with E-state index in [0.717, 1.165) is 28.2 Å². The number of benzene rings is 2. The van der Waals surface area contributed by atoms with E-state index in [-0.39, 0.29) is 11.9 Å². The van der Waals surface area contributed by atoms with Gasteiger partial charge in [0.2, 0.25) is 0 Å². The number of hydrogen-bond acceptors (Lipinski definition) is 4. The average Bonchev–Trinajstić information content (AvgIpc) is 2.66. The third-order valence-corrected chi connectivity index (χ3v) is 3.97. The quantitative estimate of drug-likeness (QED) is 0.704. The number of allylic oxidation sites excluding steroid dienone is 1. The standard InChI is InChI=1S/C21H24O4/c1-15(14-21(22)25-4)13-20(16-5-9-18(23-2)10-6-16)17-7-11-19(24-3)12-8-17/h5-13,15H,14H2,1-4H3. The highest BCUT2D eigenvalue weighted by molar-refractivity contribution is 5.81. The minimum atomic E-state index is -0.215. The molecular weight excluding hydrogens is 316 g/mol. The summed E-state index contributed by atoms with van der Waals surface area (Å²) in [6.07, 6.45) is 2.44. The van der Waals surface area contributed by atoms with Crippen LogP contribution in [-0.2, 0) is 9.53 Å². The highest BCUT2D eigenvalue weighted by Gasteiger charge is 2.11. The van der Waals surface area contributed by atoms with Crippen LogP contribution in [0.25, 0.3) is 5.57 Å². The Morgan fingerprint density at radius 3 is 1.68 bits per heavy atom. The largest absolute Gasteiger partial charge is 0.497 e. The summed E-state index contributed by atoms with van der Waals surface area (Å²) in [4.78, 5) is 11.6. The Balaban J connectivity index is 2.40. The first-order valence-electron chi connectivity index (χ1n) is 8.15. The van der Waals surface area contributed by atoms with Gasteiger partial charge in [-0.15, -0.1) is 0 Å². The van der Waals surface area contributed by atoms with E-state index < -0.39 is 0 Å². The number of esters is 1. The molecule has 0 amide bonds. The zero-order chi connectivity index (χ0) is 18.2. The van der Waals surface area contributed by atoms with Crippen LogP contribution in [0.2, 0.25) is 0 Å². The zero-order valence-electron chi connectivity index (χ0n) is 15.1. The van der Waals surface area contributed by atoms with Crippen molar-refractivity contribution >= 4 is 11.5 Å². The van der Waals surface area contributed by atoms with Gasteiger partial charge in [-0.3, -0.25) is 4.79 Å². The number of methoxy groups -OCH3 is 3. The van der Waals surface area contributed by atoms with Crippen molar-refractivity contribution in [3.8, 4) is 11.5 Å². The van der Waals surface area contributed by atoms with Crippen molar-refractivity contribution in [2.45, 2.75) is 13.3 Å². The predicted molar refractivity (Wildman–Crippen MR) is 98.9 cm³/mol. The monoisotopic (exact) mass is 340 g/mol. The van der Waals surface area contributed by atoms with Crippen LogP contribution in [0.3, 0.4) is 0 Å². The Labute approximate surface area is 149 Å². The van der Waals surface area contributed by atoms with Crippen molar-refractivity contribution in [3.05, 3.63) is 65.7 Å². The molecule has 0 saturated heterocycles. The van der Waals surface area contributed by atoms with Gasteiger partial charge >= 0.3 is 5.97 Å². The van der Waals surface area contributed by atoms with Crippen molar-refractivity contribution in [3.63, 3.8) is 0 Å². The maximum absolute atomic E-state index is 11.6. The van der Waals surface area contributed by atoms with E-state index >= 15 is 0 Å². The van der Waals surface area contributed by atoms with Crippen molar-refractivity contribution in [2.24, 2.45) is 5.92 Å². The van der Waals surface area contributed by atoms with Gasteiger partial charge in [0.1, 0.15) is 11.5 Å². The molecule has 0 radical (unpaired) electrons. The number of ether oxygens (including phenoxy) is 3. The highest BCUT2D eigenvalue weighted by Crippen LogP contribution is 2.28. The molecule has 0 aliphatic rings. The Bertz CT molecular complexity index is 665. The van der Waals surface area contributed by atoms with Crippen LogP contribution in [0.1, 0.15) is 24.5 Å². The summed E-state index contributed by atoms with van der Waals surface area (Å²) in [5.74, 6) is 1.44. The number of carbonyl (C=O) groups is 1. The lowest BCUT2D eigenvalue weighted by Gasteiger charge is -2.13. The smallest absolute Gasteiger partial charge is 0.306 e. The van der Waals surface area contributed by atoms with Crippen LogP contribution in [-0.4, -0.2) is 27.3 Å². The molecule has 0 saturated carbocycles. The van der Waals surface area contributed by atoms with E-state index in [1.165, 1.54) is 7.11 Å². The number of rotatable bonds is 7. The van der Waals surface area contributed by atoms with E-state index in [1.54, 1.807) is 14.2 Å². The molecule has 2 aromatic rings. The topological polar surface area (TPSA) is 44.8 Å². The summed E-state index contributed by atoms with van der Waals surface area (Å²) in [5, 5.41) is 0. The number of hydrogen-bond donors (Lipinski definition) is 0. The van der Waals surface area contributed by atoms with Gasteiger partial charge in [0.15, 0.2) is 0 Å². The van der Waals surface area contributed by atoms with Gasteiger partial charge in [-0.2, -0.15) is 0 Å². The molecule has 2 rings (SSSR count). The van der Waals surface area contributed by atoms with Crippen molar-refractivity contribution in [1.82, 2.24) is 0 Å². The van der Waals surface area contributed by atoms with E-state index in [2.05, 4.69) is 6.08 Å². The maximum Gasteiger partial charge on any atom is 0.306 e. The Kier molecular flexibility index (Phi) is 6.63. The SMILES string of the molecule is COC(=O)CC(C)C=C(c1ccc(OC)cc1)c1ccc(OC)cc1. The second-order valence-corrected chi connectivity index (χ2v) is 5.79. The minimum Gasteiger partial charge on any atom is -0.497 e. The summed E-state index contributed by atoms with van der Waals surface area (Å²) in [5.41, 5.74) is 3.17. The third kappa shape index (κ3) is 5.11. The van der Waals surface area contributed by atoms with E-state index in [4.69, 9.17) is 14.2 Å². The highest BCUT2D eigenvalue weighted by atomic mass is 16.5. The molecule has 0 aliphatic heterocycles. The van der Waals surface area contributed by atoms with Crippen LogP contribution in [0.4, 0.5) is 0 Å². The van der Waals surface area contributed by atoms with Gasteiger partial charge < -0.3 is 14.2 Å². The lowest BCUT2D eigenvalue weighted by Crippen LogP contribution is -2.06. The molecule has 2 aromatic carbocycles. The van der Waals surface area contributed by atoms with Crippen molar-refractivity contribution in [1.29, 1.82) is 0 Å². The molecule has 0 aliphatic carbocycles. The first-order chi connectivity index (χ1) is 12.1. The van der Waals surface area contributed by atoms with Gasteiger partial charge in [0, 0.05) is 0 Å². The summed E-state index contributed by atoms with van der Waals surface area (Å²) in [7, 11) is 4.70. The molecular formula is C21H24O4. The second-order valence-electron chi connectivity index (χ2n) is 5.79. The van der Waals surface area contributed by atoms with Gasteiger partial charge in [-0.25, -0.2) is 0 Å². The normalized spacial score (nSPS) is 11.4. The van der Waals surface area contributed by atoms with Gasteiger partial charge in [0.25, 0.3) is 0 Å². The van der Waals surface area contributed by atoms with Crippen LogP contribution in [0.15, 0.2) is 54.6 Å². The molecule has 25 heavy (non-hydrogen) atoms. The second kappa shape index (κ2) is 8.92. The van der Waals surface area contributed by atoms with E-state index in [1.807, 2.05) is 55.5 Å². The Hall–Kier alpha value is -2.75. The first kappa shape index (κ1) is 18.6. The molecule has 1 atom stereocenters. The summed E-state index contributed by atoms with van der Waals surface area (Å²) in [6, 6.07) is 15.8. The fraction of sp³-hybridized carbons (Fsp3) is 0.286. The third-order valence-electron chi connectivity index (χ3n) is 3.97. The minimum absolute atomic E-state index is 0.0478. The van der Waals surface area contributed by atoms with Crippen LogP contribution >= 0.6 is 0 Å². The van der Waals surface area contributed by atoms with E-state index in [9.17, 15) is 4.79 Å². The molecule has 4 nitrogen and oxygen atoms in total. The lowest BCUT2D eigenvalue weighted by atomic mass is 9.93.